The summed E-state index contributed by atoms with van der Waals surface area (Å²) in [5.41, 5.74) is 8.93. The van der Waals surface area contributed by atoms with Crippen LogP contribution in [0.25, 0.3) is 28.0 Å². The molecule has 0 aliphatic carbocycles. The third-order valence-corrected chi connectivity index (χ3v) is 6.48. The van der Waals surface area contributed by atoms with Gasteiger partial charge in [-0.05, 0) is 73.6 Å². The van der Waals surface area contributed by atoms with Crippen molar-refractivity contribution in [3.63, 3.8) is 0 Å². The van der Waals surface area contributed by atoms with E-state index in [1.54, 1.807) is 6.07 Å². The molecule has 0 unspecified atom stereocenters. The Labute approximate surface area is 186 Å². The van der Waals surface area contributed by atoms with Gasteiger partial charge in [0.2, 0.25) is 0 Å². The monoisotopic (exact) mass is 434 g/mol. The van der Waals surface area contributed by atoms with E-state index >= 15 is 4.39 Å². The molecule has 2 aromatic heterocycles. The van der Waals surface area contributed by atoms with Crippen molar-refractivity contribution in [3.8, 4) is 28.1 Å². The molecule has 0 spiro atoms. The number of fused-ring (bicyclic) bond motifs is 2. The Morgan fingerprint density at radius 3 is 2.81 bits per heavy atom. The molecule has 1 aliphatic heterocycles. The van der Waals surface area contributed by atoms with E-state index < -0.39 is 0 Å². The summed E-state index contributed by atoms with van der Waals surface area (Å²) in [5.74, 6) is 0.121. The average molecular weight is 435 g/mol. The minimum Gasteiger partial charge on any atom is -0.490 e. The summed E-state index contributed by atoms with van der Waals surface area (Å²) >= 11 is 6.21. The molecule has 4 aromatic rings. The fourth-order valence-corrected chi connectivity index (χ4v) is 4.93. The Hall–Kier alpha value is -2.85. The Morgan fingerprint density at radius 1 is 1.19 bits per heavy atom. The third kappa shape index (κ3) is 3.30. The number of halogens is 2. The van der Waals surface area contributed by atoms with Crippen molar-refractivity contribution >= 4 is 17.2 Å². The Balaban J connectivity index is 1.81. The molecule has 0 bridgehead atoms. The van der Waals surface area contributed by atoms with Crippen LogP contribution in [0.15, 0.2) is 42.7 Å². The second-order valence-electron chi connectivity index (χ2n) is 8.18. The minimum atomic E-state index is -0.293. The minimum absolute atomic E-state index is 0.293. The molecule has 0 amide bonds. The van der Waals surface area contributed by atoms with Crippen molar-refractivity contribution in [1.82, 2.24) is 9.38 Å². The number of ether oxygens (including phenoxy) is 1. The number of nitrogens with zero attached hydrogens (tertiary/aromatic N) is 2. The van der Waals surface area contributed by atoms with Gasteiger partial charge in [0.1, 0.15) is 5.65 Å². The standard InChI is InChI=1S/C26H24ClFN2O/c1-4-19-15(2)13-30-14-23(17-7-5-8-18(27)11-17)29-26(30)24(19)21-12-22(28)25-20(16(21)3)9-6-10-31-25/h5,7-8,11-14H,4,6,9-10H2,1-3H3. The van der Waals surface area contributed by atoms with Gasteiger partial charge in [0, 0.05) is 34.1 Å². The van der Waals surface area contributed by atoms with Gasteiger partial charge in [-0.3, -0.25) is 0 Å². The van der Waals surface area contributed by atoms with Crippen molar-refractivity contribution in [3.05, 3.63) is 75.8 Å². The number of hydrogen-bond acceptors (Lipinski definition) is 2. The molecule has 3 nitrogen and oxygen atoms in total. The molecule has 0 saturated carbocycles. The highest BCUT2D eigenvalue weighted by atomic mass is 35.5. The van der Waals surface area contributed by atoms with Gasteiger partial charge in [-0.1, -0.05) is 30.7 Å². The molecule has 0 radical (unpaired) electrons. The van der Waals surface area contributed by atoms with E-state index in [1.807, 2.05) is 34.9 Å². The molecule has 2 aromatic carbocycles. The second-order valence-corrected chi connectivity index (χ2v) is 8.61. The van der Waals surface area contributed by atoms with E-state index in [4.69, 9.17) is 21.3 Å². The fraction of sp³-hybridized carbons (Fsp3) is 0.269. The number of benzene rings is 2. The van der Waals surface area contributed by atoms with Gasteiger partial charge in [-0.15, -0.1) is 0 Å². The van der Waals surface area contributed by atoms with Crippen molar-refractivity contribution in [2.75, 3.05) is 6.61 Å². The summed E-state index contributed by atoms with van der Waals surface area (Å²) in [6.07, 6.45) is 6.70. The fourth-order valence-electron chi connectivity index (χ4n) is 4.74. The summed E-state index contributed by atoms with van der Waals surface area (Å²) < 4.78 is 22.8. The van der Waals surface area contributed by atoms with E-state index in [0.717, 1.165) is 64.0 Å². The molecule has 0 atom stereocenters. The normalized spacial score (nSPS) is 13.3. The first-order valence-corrected chi connectivity index (χ1v) is 11.1. The molecule has 5 rings (SSSR count). The van der Waals surface area contributed by atoms with Gasteiger partial charge >= 0.3 is 0 Å². The number of imidazole rings is 1. The third-order valence-electron chi connectivity index (χ3n) is 6.25. The van der Waals surface area contributed by atoms with Crippen LogP contribution in [0.2, 0.25) is 5.02 Å². The quantitative estimate of drug-likeness (QED) is 0.348. The van der Waals surface area contributed by atoms with Crippen LogP contribution in [-0.4, -0.2) is 16.0 Å². The van der Waals surface area contributed by atoms with Crippen molar-refractivity contribution in [2.45, 2.75) is 40.0 Å². The number of hydrogen-bond donors (Lipinski definition) is 0. The van der Waals surface area contributed by atoms with Gasteiger partial charge in [0.05, 0.1) is 12.3 Å². The van der Waals surface area contributed by atoms with E-state index in [1.165, 1.54) is 5.56 Å². The van der Waals surface area contributed by atoms with Crippen molar-refractivity contribution in [2.24, 2.45) is 0 Å². The lowest BCUT2D eigenvalue weighted by Gasteiger charge is -2.23. The van der Waals surface area contributed by atoms with E-state index in [2.05, 4.69) is 27.0 Å². The first kappa shape index (κ1) is 20.1. The zero-order valence-corrected chi connectivity index (χ0v) is 18.7. The molecular formula is C26H24ClFN2O. The van der Waals surface area contributed by atoms with Crippen LogP contribution in [0.4, 0.5) is 4.39 Å². The van der Waals surface area contributed by atoms with Crippen LogP contribution in [0, 0.1) is 19.7 Å². The van der Waals surface area contributed by atoms with Crippen molar-refractivity contribution in [1.29, 1.82) is 0 Å². The number of aromatic nitrogens is 2. The van der Waals surface area contributed by atoms with Crippen LogP contribution in [0.5, 0.6) is 5.75 Å². The SMILES string of the molecule is CCc1c(C)cn2cc(-c3cccc(Cl)c3)nc2c1-c1cc(F)c2c(c1C)CCCO2. The maximum atomic E-state index is 15.1. The predicted octanol–water partition coefficient (Wildman–Crippen LogP) is 6.97. The molecule has 0 N–H and O–H groups in total. The van der Waals surface area contributed by atoms with Crippen LogP contribution >= 0.6 is 11.6 Å². The summed E-state index contributed by atoms with van der Waals surface area (Å²) in [4.78, 5) is 4.98. The van der Waals surface area contributed by atoms with Gasteiger partial charge in [-0.25, -0.2) is 9.37 Å². The molecule has 3 heterocycles. The lowest BCUT2D eigenvalue weighted by atomic mass is 9.89. The van der Waals surface area contributed by atoms with Gasteiger partial charge in [-0.2, -0.15) is 0 Å². The summed E-state index contributed by atoms with van der Waals surface area (Å²) in [6, 6.07) is 9.32. The van der Waals surface area contributed by atoms with Gasteiger partial charge in [0.15, 0.2) is 11.6 Å². The van der Waals surface area contributed by atoms with Crippen LogP contribution in [0.3, 0.4) is 0 Å². The smallest absolute Gasteiger partial charge is 0.165 e. The highest BCUT2D eigenvalue weighted by Crippen LogP contribution is 2.41. The van der Waals surface area contributed by atoms with E-state index in [-0.39, 0.29) is 5.82 Å². The molecule has 158 valence electrons. The molecule has 5 heteroatoms. The lowest BCUT2D eigenvalue weighted by molar-refractivity contribution is 0.273. The van der Waals surface area contributed by atoms with Gasteiger partial charge < -0.3 is 9.14 Å². The lowest BCUT2D eigenvalue weighted by Crippen LogP contribution is -2.12. The maximum absolute atomic E-state index is 15.1. The van der Waals surface area contributed by atoms with Crippen LogP contribution < -0.4 is 4.74 Å². The highest BCUT2D eigenvalue weighted by molar-refractivity contribution is 6.30. The Kier molecular flexibility index (Phi) is 4.98. The zero-order chi connectivity index (χ0) is 21.7. The average Bonchev–Trinajstić information content (AvgIpc) is 3.19. The molecule has 0 saturated heterocycles. The summed E-state index contributed by atoms with van der Waals surface area (Å²) in [6.45, 7) is 6.88. The van der Waals surface area contributed by atoms with E-state index in [9.17, 15) is 0 Å². The molecule has 31 heavy (non-hydrogen) atoms. The largest absolute Gasteiger partial charge is 0.490 e. The van der Waals surface area contributed by atoms with Crippen LogP contribution in [-0.2, 0) is 12.8 Å². The number of pyridine rings is 1. The first-order valence-electron chi connectivity index (χ1n) is 10.7. The molecule has 0 fully saturated rings. The summed E-state index contributed by atoms with van der Waals surface area (Å²) in [5, 5.41) is 0.674. The molecule has 1 aliphatic rings. The molecular weight excluding hydrogens is 411 g/mol. The van der Waals surface area contributed by atoms with Crippen molar-refractivity contribution < 1.29 is 9.13 Å². The zero-order valence-electron chi connectivity index (χ0n) is 17.9. The maximum Gasteiger partial charge on any atom is 0.165 e. The Bertz CT molecular complexity index is 1330. The second kappa shape index (κ2) is 7.69. The number of rotatable bonds is 3. The van der Waals surface area contributed by atoms with E-state index in [0.29, 0.717) is 17.4 Å². The summed E-state index contributed by atoms with van der Waals surface area (Å²) in [7, 11) is 0. The van der Waals surface area contributed by atoms with Gasteiger partial charge in [0.25, 0.3) is 0 Å². The topological polar surface area (TPSA) is 26.5 Å². The Morgan fingerprint density at radius 2 is 2.03 bits per heavy atom. The predicted molar refractivity (Wildman–Crippen MR) is 124 cm³/mol. The highest BCUT2D eigenvalue weighted by Gasteiger charge is 2.24. The number of aryl methyl sites for hydroxylation is 1. The van der Waals surface area contributed by atoms with Crippen LogP contribution in [0.1, 0.15) is 35.6 Å². The first-order chi connectivity index (χ1) is 15.0.